The first-order valence-corrected chi connectivity index (χ1v) is 6.34. The molecule has 15 heavy (non-hydrogen) atoms. The second-order valence-electron chi connectivity index (χ2n) is 3.33. The summed E-state index contributed by atoms with van der Waals surface area (Å²) in [6, 6.07) is 0. The van der Waals surface area contributed by atoms with Gasteiger partial charge >= 0.3 is 0 Å². The maximum absolute atomic E-state index is 11.6. The second kappa shape index (κ2) is 5.35. The number of thioether (sulfide) groups is 1. The molecule has 1 atom stereocenters. The van der Waals surface area contributed by atoms with Crippen LogP contribution >= 0.6 is 11.8 Å². The average Bonchev–Trinajstić information content (AvgIpc) is 2.29. The molecule has 3 nitrogen and oxygen atoms in total. The molecule has 0 bridgehead atoms. The molecule has 0 aromatic rings. The van der Waals surface area contributed by atoms with Crippen LogP contribution in [-0.2, 0) is 9.59 Å². The SMILES string of the molecule is CC.CN1C(=O)C=C2SCCCC2C1=O. The van der Waals surface area contributed by atoms with Gasteiger partial charge in [0.1, 0.15) is 0 Å². The monoisotopic (exact) mass is 227 g/mol. The minimum absolute atomic E-state index is 0.0264. The highest BCUT2D eigenvalue weighted by atomic mass is 32.2. The van der Waals surface area contributed by atoms with Crippen molar-refractivity contribution in [1.29, 1.82) is 0 Å². The van der Waals surface area contributed by atoms with E-state index in [1.807, 2.05) is 13.8 Å². The van der Waals surface area contributed by atoms with Crippen LogP contribution in [0.1, 0.15) is 26.7 Å². The van der Waals surface area contributed by atoms with Gasteiger partial charge in [0.25, 0.3) is 5.91 Å². The van der Waals surface area contributed by atoms with Crippen molar-refractivity contribution in [3.63, 3.8) is 0 Å². The summed E-state index contributed by atoms with van der Waals surface area (Å²) in [6.45, 7) is 4.00. The third kappa shape index (κ3) is 2.43. The number of rotatable bonds is 0. The summed E-state index contributed by atoms with van der Waals surface area (Å²) < 4.78 is 0. The summed E-state index contributed by atoms with van der Waals surface area (Å²) in [4.78, 5) is 25.1. The van der Waals surface area contributed by atoms with Crippen LogP contribution in [0.4, 0.5) is 0 Å². The highest BCUT2D eigenvalue weighted by Gasteiger charge is 2.35. The first kappa shape index (κ1) is 12.3. The van der Waals surface area contributed by atoms with Crippen molar-refractivity contribution < 1.29 is 9.59 Å². The Morgan fingerprint density at radius 2 is 2.07 bits per heavy atom. The number of imide groups is 1. The van der Waals surface area contributed by atoms with Crippen LogP contribution in [0.15, 0.2) is 11.0 Å². The molecule has 0 saturated carbocycles. The van der Waals surface area contributed by atoms with Crippen molar-refractivity contribution >= 4 is 23.6 Å². The molecule has 0 spiro atoms. The van der Waals surface area contributed by atoms with E-state index in [0.29, 0.717) is 0 Å². The normalized spacial score (nSPS) is 25.1. The zero-order chi connectivity index (χ0) is 11.4. The van der Waals surface area contributed by atoms with Crippen molar-refractivity contribution in [2.75, 3.05) is 12.8 Å². The largest absolute Gasteiger partial charge is 0.282 e. The van der Waals surface area contributed by atoms with E-state index in [9.17, 15) is 9.59 Å². The molecule has 0 N–H and O–H groups in total. The number of nitrogens with zero attached hydrogens (tertiary/aromatic N) is 1. The first-order valence-electron chi connectivity index (χ1n) is 5.36. The number of hydrogen-bond acceptors (Lipinski definition) is 3. The summed E-state index contributed by atoms with van der Waals surface area (Å²) in [5.74, 6) is 0.800. The summed E-state index contributed by atoms with van der Waals surface area (Å²) in [5.41, 5.74) is 0. The smallest absolute Gasteiger partial charge is 0.253 e. The molecule has 2 aliphatic heterocycles. The fourth-order valence-corrected chi connectivity index (χ4v) is 2.82. The van der Waals surface area contributed by atoms with Gasteiger partial charge in [-0.1, -0.05) is 13.8 Å². The van der Waals surface area contributed by atoms with E-state index in [1.54, 1.807) is 24.9 Å². The number of likely N-dealkylation sites (N-methyl/N-ethyl adjacent to an activating group) is 1. The van der Waals surface area contributed by atoms with Crippen LogP contribution in [0, 0.1) is 5.92 Å². The predicted molar refractivity (Wildman–Crippen MR) is 62.4 cm³/mol. The van der Waals surface area contributed by atoms with Gasteiger partial charge in [0, 0.05) is 18.0 Å². The number of carbonyl (C=O) groups is 2. The lowest BCUT2D eigenvalue weighted by molar-refractivity contribution is -0.143. The Kier molecular flexibility index (Phi) is 4.39. The number of hydrogen-bond donors (Lipinski definition) is 0. The number of amides is 2. The Hall–Kier alpha value is -0.770. The molecule has 1 fully saturated rings. The lowest BCUT2D eigenvalue weighted by Crippen LogP contribution is -2.41. The van der Waals surface area contributed by atoms with Crippen molar-refractivity contribution in [3.05, 3.63) is 11.0 Å². The van der Waals surface area contributed by atoms with E-state index in [1.165, 1.54) is 4.90 Å². The lowest BCUT2D eigenvalue weighted by Gasteiger charge is -2.30. The van der Waals surface area contributed by atoms with Crippen molar-refractivity contribution in [2.45, 2.75) is 26.7 Å². The van der Waals surface area contributed by atoms with E-state index >= 15 is 0 Å². The van der Waals surface area contributed by atoms with Gasteiger partial charge < -0.3 is 0 Å². The number of carbonyl (C=O) groups excluding carboxylic acids is 2. The summed E-state index contributed by atoms with van der Waals surface area (Å²) in [5, 5.41) is 0. The van der Waals surface area contributed by atoms with E-state index in [4.69, 9.17) is 0 Å². The van der Waals surface area contributed by atoms with Crippen LogP contribution in [0.25, 0.3) is 0 Å². The van der Waals surface area contributed by atoms with E-state index < -0.39 is 0 Å². The first-order chi connectivity index (χ1) is 7.20. The number of fused-ring (bicyclic) bond motifs is 1. The molecule has 0 aliphatic carbocycles. The van der Waals surface area contributed by atoms with Gasteiger partial charge in [-0.05, 0) is 18.6 Å². The topological polar surface area (TPSA) is 37.4 Å². The van der Waals surface area contributed by atoms with Crippen LogP contribution in [0.2, 0.25) is 0 Å². The van der Waals surface area contributed by atoms with Crippen LogP contribution < -0.4 is 0 Å². The molecule has 1 unspecified atom stereocenters. The van der Waals surface area contributed by atoms with Crippen molar-refractivity contribution in [1.82, 2.24) is 4.90 Å². The predicted octanol–water partition coefficient (Wildman–Crippen LogP) is 2.04. The second-order valence-corrected chi connectivity index (χ2v) is 4.49. The Bertz CT molecular complexity index is 299. The highest BCUT2D eigenvalue weighted by molar-refractivity contribution is 8.03. The fraction of sp³-hybridized carbons (Fsp3) is 0.636. The standard InChI is InChI=1S/C9H11NO2S.C2H6/c1-10-8(11)5-7-6(9(10)12)3-2-4-13-7;1-2/h5-6H,2-4H2,1H3;1-2H3. The van der Waals surface area contributed by atoms with Gasteiger partial charge in [-0.15, -0.1) is 11.8 Å². The lowest BCUT2D eigenvalue weighted by atomic mass is 9.98. The van der Waals surface area contributed by atoms with Gasteiger partial charge in [0.15, 0.2) is 0 Å². The molecule has 2 heterocycles. The zero-order valence-corrected chi connectivity index (χ0v) is 10.3. The quantitative estimate of drug-likeness (QED) is 0.594. The summed E-state index contributed by atoms with van der Waals surface area (Å²) >= 11 is 1.65. The Morgan fingerprint density at radius 3 is 2.73 bits per heavy atom. The van der Waals surface area contributed by atoms with Gasteiger partial charge in [-0.2, -0.15) is 0 Å². The molecule has 2 amide bonds. The Balaban J connectivity index is 0.000000531. The van der Waals surface area contributed by atoms with Crippen LogP contribution in [-0.4, -0.2) is 29.5 Å². The average molecular weight is 227 g/mol. The molecule has 2 rings (SSSR count). The highest BCUT2D eigenvalue weighted by Crippen LogP contribution is 2.37. The minimum atomic E-state index is -0.175. The van der Waals surface area contributed by atoms with Crippen molar-refractivity contribution in [2.24, 2.45) is 5.92 Å². The Labute approximate surface area is 94.9 Å². The van der Waals surface area contributed by atoms with Crippen molar-refractivity contribution in [3.8, 4) is 0 Å². The maximum Gasteiger partial charge on any atom is 0.253 e. The van der Waals surface area contributed by atoms with Gasteiger partial charge in [-0.25, -0.2) is 0 Å². The van der Waals surface area contributed by atoms with E-state index in [2.05, 4.69) is 0 Å². The van der Waals surface area contributed by atoms with Gasteiger partial charge in [-0.3, -0.25) is 14.5 Å². The summed E-state index contributed by atoms with van der Waals surface area (Å²) in [6.07, 6.45) is 3.58. The molecule has 1 saturated heterocycles. The van der Waals surface area contributed by atoms with E-state index in [0.717, 1.165) is 23.5 Å². The molecule has 0 aromatic heterocycles. The molecular formula is C11H17NO2S. The van der Waals surface area contributed by atoms with Gasteiger partial charge in [0.05, 0.1) is 5.92 Å². The van der Waals surface area contributed by atoms with Gasteiger partial charge in [0.2, 0.25) is 5.91 Å². The third-order valence-corrected chi connectivity index (χ3v) is 3.70. The minimum Gasteiger partial charge on any atom is -0.282 e. The third-order valence-electron chi connectivity index (χ3n) is 2.47. The Morgan fingerprint density at radius 1 is 1.40 bits per heavy atom. The maximum atomic E-state index is 11.6. The molecule has 0 radical (unpaired) electrons. The molecule has 0 aromatic carbocycles. The summed E-state index contributed by atoms with van der Waals surface area (Å²) in [7, 11) is 1.55. The van der Waals surface area contributed by atoms with E-state index in [-0.39, 0.29) is 17.7 Å². The molecule has 84 valence electrons. The molecule has 2 aliphatic rings. The fourth-order valence-electron chi connectivity index (χ4n) is 1.67. The molecular weight excluding hydrogens is 210 g/mol. The molecule has 4 heteroatoms. The van der Waals surface area contributed by atoms with Crippen LogP contribution in [0.5, 0.6) is 0 Å². The zero-order valence-electron chi connectivity index (χ0n) is 9.45. The van der Waals surface area contributed by atoms with Crippen LogP contribution in [0.3, 0.4) is 0 Å².